The number of urea groups is 1. The van der Waals surface area contributed by atoms with Gasteiger partial charge in [0.2, 0.25) is 0 Å². The lowest BCUT2D eigenvalue weighted by Crippen LogP contribution is -2.51. The molecule has 5 heteroatoms. The van der Waals surface area contributed by atoms with Gasteiger partial charge in [0.15, 0.2) is 0 Å². The molecule has 0 aromatic heterocycles. The SMILES string of the molecule is CCOC1Cc2ccccc2N(C(=O)N2CCN(C)CC2)c2ccccc21. The van der Waals surface area contributed by atoms with Crippen LogP contribution in [0.1, 0.15) is 24.2 Å². The average Bonchev–Trinajstić information content (AvgIpc) is 2.83. The van der Waals surface area contributed by atoms with E-state index in [-0.39, 0.29) is 12.1 Å². The molecule has 0 radical (unpaired) electrons. The Kier molecular flexibility index (Phi) is 5.14. The summed E-state index contributed by atoms with van der Waals surface area (Å²) in [5, 5.41) is 0. The fourth-order valence-electron chi connectivity index (χ4n) is 4.00. The first kappa shape index (κ1) is 18.0. The molecule has 2 amide bonds. The number of anilines is 2. The van der Waals surface area contributed by atoms with Crippen LogP contribution < -0.4 is 4.90 Å². The molecule has 0 aliphatic carbocycles. The number of carbonyl (C=O) groups is 1. The van der Waals surface area contributed by atoms with E-state index in [0.29, 0.717) is 6.61 Å². The summed E-state index contributed by atoms with van der Waals surface area (Å²) < 4.78 is 6.08. The Morgan fingerprint density at radius 1 is 1.00 bits per heavy atom. The number of hydrogen-bond acceptors (Lipinski definition) is 3. The Labute approximate surface area is 161 Å². The molecule has 2 aliphatic heterocycles. The summed E-state index contributed by atoms with van der Waals surface area (Å²) in [7, 11) is 2.10. The molecule has 2 aromatic rings. The minimum atomic E-state index is -0.0439. The van der Waals surface area contributed by atoms with Crippen LogP contribution in [0.2, 0.25) is 0 Å². The third-order valence-corrected chi connectivity index (χ3v) is 5.50. The van der Waals surface area contributed by atoms with E-state index in [4.69, 9.17) is 4.74 Å². The number of benzene rings is 2. The van der Waals surface area contributed by atoms with E-state index in [1.54, 1.807) is 0 Å². The summed E-state index contributed by atoms with van der Waals surface area (Å²) in [6.45, 7) is 5.99. The summed E-state index contributed by atoms with van der Waals surface area (Å²) in [6.07, 6.45) is 0.728. The minimum absolute atomic E-state index is 0.0439. The van der Waals surface area contributed by atoms with Crippen molar-refractivity contribution in [2.75, 3.05) is 44.7 Å². The molecule has 0 N–H and O–H groups in total. The van der Waals surface area contributed by atoms with Crippen molar-refractivity contribution in [2.24, 2.45) is 0 Å². The van der Waals surface area contributed by atoms with Crippen molar-refractivity contribution in [3.8, 4) is 0 Å². The second-order valence-electron chi connectivity index (χ2n) is 7.24. The van der Waals surface area contributed by atoms with Crippen molar-refractivity contribution in [2.45, 2.75) is 19.4 Å². The van der Waals surface area contributed by atoms with Crippen LogP contribution in [0.3, 0.4) is 0 Å². The van der Waals surface area contributed by atoms with Crippen LogP contribution in [0.25, 0.3) is 0 Å². The Morgan fingerprint density at radius 3 is 2.41 bits per heavy atom. The fraction of sp³-hybridized carbons (Fsp3) is 0.409. The number of piperazine rings is 1. The summed E-state index contributed by atoms with van der Waals surface area (Å²) in [5.41, 5.74) is 4.13. The van der Waals surface area contributed by atoms with Crippen LogP contribution in [-0.2, 0) is 11.2 Å². The zero-order valence-corrected chi connectivity index (χ0v) is 16.1. The van der Waals surface area contributed by atoms with E-state index in [0.717, 1.165) is 55.1 Å². The monoisotopic (exact) mass is 365 g/mol. The van der Waals surface area contributed by atoms with Gasteiger partial charge in [0, 0.05) is 44.8 Å². The van der Waals surface area contributed by atoms with E-state index < -0.39 is 0 Å². The zero-order chi connectivity index (χ0) is 18.8. The lowest BCUT2D eigenvalue weighted by atomic mass is 10.0. The Balaban J connectivity index is 1.80. The smallest absolute Gasteiger partial charge is 0.329 e. The molecule has 1 unspecified atom stereocenters. The first-order chi connectivity index (χ1) is 13.2. The highest BCUT2D eigenvalue weighted by molar-refractivity contribution is 6.01. The van der Waals surface area contributed by atoms with Crippen LogP contribution in [0.5, 0.6) is 0 Å². The molecule has 27 heavy (non-hydrogen) atoms. The number of para-hydroxylation sites is 2. The zero-order valence-electron chi connectivity index (χ0n) is 16.1. The molecule has 2 aromatic carbocycles. The number of fused-ring (bicyclic) bond motifs is 2. The molecule has 2 heterocycles. The molecule has 2 aliphatic rings. The van der Waals surface area contributed by atoms with Crippen LogP contribution in [0.4, 0.5) is 16.2 Å². The molecule has 142 valence electrons. The average molecular weight is 365 g/mol. The van der Waals surface area contributed by atoms with Crippen molar-refractivity contribution in [1.82, 2.24) is 9.80 Å². The van der Waals surface area contributed by atoms with E-state index in [9.17, 15) is 4.79 Å². The topological polar surface area (TPSA) is 36.0 Å². The highest BCUT2D eigenvalue weighted by Crippen LogP contribution is 2.42. The van der Waals surface area contributed by atoms with Crippen molar-refractivity contribution in [3.63, 3.8) is 0 Å². The number of amides is 2. The quantitative estimate of drug-likeness (QED) is 0.812. The summed E-state index contributed by atoms with van der Waals surface area (Å²) in [5.74, 6) is 0. The summed E-state index contributed by atoms with van der Waals surface area (Å²) in [6, 6.07) is 16.4. The van der Waals surface area contributed by atoms with E-state index in [1.165, 1.54) is 0 Å². The molecule has 1 fully saturated rings. The largest absolute Gasteiger partial charge is 0.373 e. The van der Waals surface area contributed by atoms with E-state index in [2.05, 4.69) is 30.1 Å². The van der Waals surface area contributed by atoms with Gasteiger partial charge < -0.3 is 14.5 Å². The predicted molar refractivity (Wildman–Crippen MR) is 108 cm³/mol. The molecular weight excluding hydrogens is 338 g/mol. The Bertz CT molecular complexity index is 815. The van der Waals surface area contributed by atoms with Gasteiger partial charge in [-0.3, -0.25) is 4.90 Å². The van der Waals surface area contributed by atoms with Crippen molar-refractivity contribution in [3.05, 3.63) is 59.7 Å². The lowest BCUT2D eigenvalue weighted by molar-refractivity contribution is 0.0638. The van der Waals surface area contributed by atoms with Crippen LogP contribution in [0.15, 0.2) is 48.5 Å². The van der Waals surface area contributed by atoms with Gasteiger partial charge in [0.05, 0.1) is 17.5 Å². The van der Waals surface area contributed by atoms with Gasteiger partial charge in [-0.25, -0.2) is 4.79 Å². The molecule has 0 bridgehead atoms. The normalized spacial score (nSPS) is 20.0. The molecule has 1 saturated heterocycles. The number of nitrogens with zero attached hydrogens (tertiary/aromatic N) is 3. The second kappa shape index (κ2) is 7.71. The van der Waals surface area contributed by atoms with Gasteiger partial charge in [0.25, 0.3) is 0 Å². The molecule has 4 rings (SSSR count). The first-order valence-electron chi connectivity index (χ1n) is 9.75. The van der Waals surface area contributed by atoms with Crippen LogP contribution >= 0.6 is 0 Å². The number of likely N-dealkylation sites (N-methyl/N-ethyl adjacent to an activating group) is 1. The van der Waals surface area contributed by atoms with Gasteiger partial charge in [-0.1, -0.05) is 36.4 Å². The van der Waals surface area contributed by atoms with Gasteiger partial charge in [-0.15, -0.1) is 0 Å². The highest BCUT2D eigenvalue weighted by atomic mass is 16.5. The summed E-state index contributed by atoms with van der Waals surface area (Å²) in [4.78, 5) is 19.7. The maximum Gasteiger partial charge on any atom is 0.329 e. The highest BCUT2D eigenvalue weighted by Gasteiger charge is 2.33. The van der Waals surface area contributed by atoms with Crippen molar-refractivity contribution >= 4 is 17.4 Å². The molecule has 5 nitrogen and oxygen atoms in total. The second-order valence-corrected chi connectivity index (χ2v) is 7.24. The third kappa shape index (κ3) is 3.45. The van der Waals surface area contributed by atoms with Gasteiger partial charge in [-0.05, 0) is 31.7 Å². The third-order valence-electron chi connectivity index (χ3n) is 5.50. The van der Waals surface area contributed by atoms with Crippen molar-refractivity contribution in [1.29, 1.82) is 0 Å². The lowest BCUT2D eigenvalue weighted by Gasteiger charge is -2.36. The molecule has 1 atom stereocenters. The fourth-order valence-corrected chi connectivity index (χ4v) is 4.00. The van der Waals surface area contributed by atoms with Crippen molar-refractivity contribution < 1.29 is 9.53 Å². The number of hydrogen-bond donors (Lipinski definition) is 0. The van der Waals surface area contributed by atoms with E-state index in [1.807, 2.05) is 47.1 Å². The Morgan fingerprint density at radius 2 is 1.67 bits per heavy atom. The molecular formula is C22H27N3O2. The van der Waals surface area contributed by atoms with Crippen LogP contribution in [-0.4, -0.2) is 55.7 Å². The molecule has 0 saturated carbocycles. The number of ether oxygens (including phenoxy) is 1. The van der Waals surface area contributed by atoms with E-state index >= 15 is 0 Å². The molecule has 0 spiro atoms. The standard InChI is InChI=1S/C22H27N3O2/c1-3-27-21-16-17-8-4-6-10-19(17)25(20-11-7-5-9-18(20)21)22(26)24-14-12-23(2)13-15-24/h4-11,21H,3,12-16H2,1-2H3. The van der Waals surface area contributed by atoms with Gasteiger partial charge >= 0.3 is 6.03 Å². The maximum absolute atomic E-state index is 13.6. The Hall–Kier alpha value is -2.37. The summed E-state index contributed by atoms with van der Waals surface area (Å²) >= 11 is 0. The van der Waals surface area contributed by atoms with Crippen LogP contribution in [0, 0.1) is 0 Å². The maximum atomic E-state index is 13.6. The number of rotatable bonds is 2. The predicted octanol–water partition coefficient (Wildman–Crippen LogP) is 3.83. The van der Waals surface area contributed by atoms with Gasteiger partial charge in [-0.2, -0.15) is 0 Å². The van der Waals surface area contributed by atoms with Gasteiger partial charge in [0.1, 0.15) is 0 Å². The first-order valence-corrected chi connectivity index (χ1v) is 9.75. The number of carbonyl (C=O) groups excluding carboxylic acids is 1. The minimum Gasteiger partial charge on any atom is -0.373 e.